The lowest BCUT2D eigenvalue weighted by Crippen LogP contribution is -2.60. The van der Waals surface area contributed by atoms with Crippen LogP contribution in [0.2, 0.25) is 0 Å². The van der Waals surface area contributed by atoms with Gasteiger partial charge < -0.3 is 41.0 Å². The second-order valence-corrected chi connectivity index (χ2v) is 23.9. The minimum atomic E-state index is -1.06. The molecule has 0 unspecified atom stereocenters. The fraction of sp³-hybridized carbons (Fsp3) is 0.469. The zero-order valence-corrected chi connectivity index (χ0v) is 52.8. The molecule has 92 heavy (non-hydrogen) atoms. The van der Waals surface area contributed by atoms with Gasteiger partial charge in [-0.2, -0.15) is 0 Å². The van der Waals surface area contributed by atoms with Gasteiger partial charge in [0.2, 0.25) is 23.6 Å². The third kappa shape index (κ3) is 18.7. The standard InChI is InChI=1S/C32H40N8O6.C29H36N8O5.C3H4O/c1-19-29(43)40-12-5-6-27(37-40)30(44)46-20(2)21-7-8-22-16-33-24(15-23(22)14-21)9-11-32(3,4)31(45)35-26(28(42)34-19)10-13-39-17-25(18-41)36-38-39;1-17-26(39)37-13-5-6-24(35-37)27(40)42-18(2)19-7-8-20-16-31-22(15-21(20)14-19)9-11-29(3,4)28(41)34-23(25(38)33-17)10-12-32-36-30;1-2-3-4/h7-9,11,14-17,19-20,26-27,37,41H,5-6,10,12-13,18H2,1-4H3,(H,34,42)(H,35,45);7-9,11,14-18,23-24,35H,5-6,10,12-13H2,1-4H3,(H,33,38)(H,34,41);1,4H,3H2/b2*11-9+;/t19-,20+,26-,27-;17-,18+,23-,24-;/m00./s1. The Balaban J connectivity index is 0.000000248. The molecule has 0 radical (unpaired) electrons. The van der Waals surface area contributed by atoms with Crippen molar-refractivity contribution in [3.63, 3.8) is 0 Å². The van der Waals surface area contributed by atoms with Crippen LogP contribution in [0.4, 0.5) is 0 Å². The van der Waals surface area contributed by atoms with Crippen LogP contribution in [0.15, 0.2) is 84.4 Å². The SMILES string of the molecule is C#CCO.C[C@@H]1NC(=O)[C@H](CCN=[N+]=[N-])NC(=O)C(C)(C)/C=C/c2cc3cc(ccc3cn2)[C@@H](C)OC(=O)[C@@H]2CCCN(N2)C1=O.C[C@@H]1NC(=O)[C@H](CCn2cc(CO)nn2)NC(=O)C(C)(C)/C=C/c2cc3cc(ccc3cn2)[C@@H](C)OC(=O)[C@@H]2CCCN(N2)C1=O. The number of terminal acetylenes is 1. The van der Waals surface area contributed by atoms with E-state index in [4.69, 9.17) is 20.1 Å². The Kier molecular flexibility index (Phi) is 24.2. The molecule has 0 aliphatic carbocycles. The maximum Gasteiger partial charge on any atom is 0.325 e. The second-order valence-electron chi connectivity index (χ2n) is 23.9. The molecule has 2 fully saturated rings. The maximum atomic E-state index is 13.6. The van der Waals surface area contributed by atoms with Gasteiger partial charge in [0.1, 0.15) is 60.8 Å². The number of esters is 2. The number of aromatic nitrogens is 5. The van der Waals surface area contributed by atoms with Crippen molar-refractivity contribution < 1.29 is 58.0 Å². The fourth-order valence-corrected chi connectivity index (χ4v) is 10.1. The monoisotopic (exact) mass is 1260 g/mol. The normalized spacial score (nSPS) is 24.7. The number of aryl methyl sites for hydroxylation is 1. The summed E-state index contributed by atoms with van der Waals surface area (Å²) in [4.78, 5) is 118. The van der Waals surface area contributed by atoms with Crippen molar-refractivity contribution in [2.24, 2.45) is 15.9 Å². The summed E-state index contributed by atoms with van der Waals surface area (Å²) in [5.41, 5.74) is 15.8. The number of hydrogen-bond acceptors (Lipinski definition) is 19. The van der Waals surface area contributed by atoms with Gasteiger partial charge in [-0.1, -0.05) is 52.7 Å². The van der Waals surface area contributed by atoms with Gasteiger partial charge in [0.15, 0.2) is 0 Å². The van der Waals surface area contributed by atoms with Crippen LogP contribution in [0.5, 0.6) is 0 Å². The summed E-state index contributed by atoms with van der Waals surface area (Å²) < 4.78 is 13.1. The van der Waals surface area contributed by atoms with Crippen molar-refractivity contribution in [2.45, 2.75) is 156 Å². The van der Waals surface area contributed by atoms with E-state index in [1.165, 1.54) is 21.6 Å². The first-order valence-electron chi connectivity index (χ1n) is 30.3. The number of aliphatic hydroxyl groups is 2. The summed E-state index contributed by atoms with van der Waals surface area (Å²) in [6, 6.07) is 9.75. The van der Waals surface area contributed by atoms with E-state index in [9.17, 15) is 43.5 Å². The first-order valence-corrected chi connectivity index (χ1v) is 30.3. The number of nitrogens with one attached hydrogen (secondary N) is 6. The largest absolute Gasteiger partial charge is 0.457 e. The topological polar surface area (TPSA) is 379 Å². The molecule has 28 nitrogen and oxygen atoms in total. The van der Waals surface area contributed by atoms with E-state index in [0.717, 1.165) is 32.7 Å². The number of pyridine rings is 2. The van der Waals surface area contributed by atoms with Crippen molar-refractivity contribution >= 4 is 81.1 Å². The summed E-state index contributed by atoms with van der Waals surface area (Å²) in [7, 11) is 0. The highest BCUT2D eigenvalue weighted by molar-refractivity contribution is 5.95. The molecule has 7 heterocycles. The van der Waals surface area contributed by atoms with E-state index < -0.39 is 107 Å². The van der Waals surface area contributed by atoms with Crippen molar-refractivity contribution in [2.75, 3.05) is 26.2 Å². The highest BCUT2D eigenvalue weighted by Crippen LogP contribution is 2.29. The molecule has 8 N–H and O–H groups in total. The number of rotatable bonds is 7. The summed E-state index contributed by atoms with van der Waals surface area (Å²) in [5.74, 6) is -1.85. The third-order valence-corrected chi connectivity index (χ3v) is 15.8. The van der Waals surface area contributed by atoms with Crippen LogP contribution < -0.4 is 32.1 Å². The Bertz CT molecular complexity index is 3690. The van der Waals surface area contributed by atoms with Crippen LogP contribution in [0.1, 0.15) is 134 Å². The van der Waals surface area contributed by atoms with E-state index in [2.05, 4.69) is 68.8 Å². The number of hydrogen-bond donors (Lipinski definition) is 8. The molecule has 4 aliphatic heterocycles. The molecule has 0 spiro atoms. The highest BCUT2D eigenvalue weighted by Gasteiger charge is 2.37. The van der Waals surface area contributed by atoms with Crippen LogP contribution in [0.3, 0.4) is 0 Å². The predicted octanol–water partition coefficient (Wildman–Crippen LogP) is 4.24. The molecule has 28 heteroatoms. The lowest BCUT2D eigenvalue weighted by molar-refractivity contribution is -0.158. The minimum Gasteiger partial charge on any atom is -0.457 e. The number of hydrazine groups is 2. The molecular formula is C64H80N16O12. The van der Waals surface area contributed by atoms with E-state index >= 15 is 0 Å². The van der Waals surface area contributed by atoms with Crippen molar-refractivity contribution in [3.05, 3.63) is 118 Å². The van der Waals surface area contributed by atoms with Crippen LogP contribution in [0.25, 0.3) is 44.1 Å². The zero-order chi connectivity index (χ0) is 66.9. The van der Waals surface area contributed by atoms with E-state index in [0.29, 0.717) is 55.9 Å². The van der Waals surface area contributed by atoms with Crippen LogP contribution in [-0.2, 0) is 61.0 Å². The number of carbonyl (C=O) groups is 8. The molecule has 488 valence electrons. The molecule has 2 aromatic carbocycles. The number of ether oxygens (including phenoxy) is 2. The minimum absolute atomic E-state index is 0.0327. The number of fused-ring (bicyclic) bond motifs is 8. The van der Waals surface area contributed by atoms with Gasteiger partial charge in [-0.05, 0) is 158 Å². The Morgan fingerprint density at radius 2 is 1.13 bits per heavy atom. The Hall–Kier alpha value is -9.65. The molecule has 4 aliphatic rings. The summed E-state index contributed by atoms with van der Waals surface area (Å²) in [6.07, 6.45) is 17.6. The quantitative estimate of drug-likeness (QED) is 0.0371. The van der Waals surface area contributed by atoms with Crippen molar-refractivity contribution in [3.8, 4) is 12.3 Å². The molecule has 8 atom stereocenters. The zero-order valence-electron chi connectivity index (χ0n) is 52.8. The summed E-state index contributed by atoms with van der Waals surface area (Å²) in [6.45, 7) is 14.0. The van der Waals surface area contributed by atoms with Gasteiger partial charge in [0.25, 0.3) is 11.8 Å². The second kappa shape index (κ2) is 31.9. The van der Waals surface area contributed by atoms with Crippen molar-refractivity contribution in [1.29, 1.82) is 0 Å². The van der Waals surface area contributed by atoms with Gasteiger partial charge >= 0.3 is 11.9 Å². The smallest absolute Gasteiger partial charge is 0.325 e. The molecule has 2 saturated heterocycles. The number of carbonyl (C=O) groups excluding carboxylic acids is 8. The fourth-order valence-electron chi connectivity index (χ4n) is 10.1. The molecule has 9 rings (SSSR count). The van der Waals surface area contributed by atoms with E-state index in [1.807, 2.05) is 54.5 Å². The number of nitrogens with zero attached hydrogens (tertiary/aromatic N) is 10. The van der Waals surface area contributed by atoms with Gasteiger partial charge in [-0.3, -0.25) is 63.0 Å². The van der Waals surface area contributed by atoms with Gasteiger partial charge in [-0.15, -0.1) is 11.5 Å². The molecular weight excluding hydrogens is 1180 g/mol. The first kappa shape index (κ1) is 69.8. The average molecular weight is 1270 g/mol. The Morgan fingerprint density at radius 1 is 0.674 bits per heavy atom. The van der Waals surface area contributed by atoms with Crippen LogP contribution in [-0.4, -0.2) is 155 Å². The van der Waals surface area contributed by atoms with Crippen LogP contribution in [0, 0.1) is 23.2 Å². The number of benzene rings is 2. The molecule has 6 amide bonds. The van der Waals surface area contributed by atoms with Crippen LogP contribution >= 0.6 is 0 Å². The molecule has 0 saturated carbocycles. The maximum absolute atomic E-state index is 13.6. The molecule has 10 bridgehead atoms. The average Bonchev–Trinajstić information content (AvgIpc) is 0.916. The van der Waals surface area contributed by atoms with Gasteiger partial charge in [0, 0.05) is 54.3 Å². The number of amides is 6. The van der Waals surface area contributed by atoms with E-state index in [-0.39, 0.29) is 39.1 Å². The highest BCUT2D eigenvalue weighted by atomic mass is 16.5. The number of aliphatic hydroxyl groups excluding tert-OH is 2. The molecule has 5 aromatic rings. The van der Waals surface area contributed by atoms with Gasteiger partial charge in [-0.25, -0.2) is 10.9 Å². The number of azide groups is 1. The lowest BCUT2D eigenvalue weighted by Gasteiger charge is -2.35. The predicted molar refractivity (Wildman–Crippen MR) is 338 cm³/mol. The summed E-state index contributed by atoms with van der Waals surface area (Å²) >= 11 is 0. The molecule has 3 aromatic heterocycles. The summed E-state index contributed by atoms with van der Waals surface area (Å²) in [5, 5.41) is 45.5. The van der Waals surface area contributed by atoms with E-state index in [1.54, 1.807) is 91.4 Å². The third-order valence-electron chi connectivity index (χ3n) is 15.8. The number of cyclic esters (lactones) is 2. The first-order chi connectivity index (χ1) is 43.8. The Morgan fingerprint density at radius 3 is 1.55 bits per heavy atom. The lowest BCUT2D eigenvalue weighted by atomic mass is 9.90. The Labute approximate surface area is 532 Å². The van der Waals surface area contributed by atoms with Gasteiger partial charge in [0.05, 0.1) is 35.0 Å². The van der Waals surface area contributed by atoms with Crippen molar-refractivity contribution in [1.82, 2.24) is 67.1 Å².